The molecule has 2 aromatic rings. The number of thiophene rings is 1. The van der Waals surface area contributed by atoms with Crippen molar-refractivity contribution in [2.45, 2.75) is 6.04 Å². The minimum atomic E-state index is -0.0390. The van der Waals surface area contributed by atoms with E-state index in [0.29, 0.717) is 17.8 Å². The second-order valence-electron chi connectivity index (χ2n) is 5.95. The summed E-state index contributed by atoms with van der Waals surface area (Å²) in [6.45, 7) is 3.89. The molecule has 1 aromatic heterocycles. The number of likely N-dealkylation sites (N-methyl/N-ethyl adjacent to an activating group) is 1. The Morgan fingerprint density at radius 3 is 2.54 bits per heavy atom. The maximum absolute atomic E-state index is 12.8. The highest BCUT2D eigenvalue weighted by molar-refractivity contribution is 7.10. The van der Waals surface area contributed by atoms with Gasteiger partial charge in [0.1, 0.15) is 0 Å². The summed E-state index contributed by atoms with van der Waals surface area (Å²) in [6, 6.07) is 11.6. The number of morpholine rings is 1. The fourth-order valence-corrected chi connectivity index (χ4v) is 3.85. The van der Waals surface area contributed by atoms with Crippen LogP contribution < -0.4 is 5.73 Å². The molecule has 1 amide bonds. The normalized spacial score (nSPS) is 15.4. The Balaban J connectivity index is 0.00000169. The zero-order valence-corrected chi connectivity index (χ0v) is 17.1. The molecule has 0 bridgehead atoms. The molecule has 26 heavy (non-hydrogen) atoms. The van der Waals surface area contributed by atoms with E-state index in [1.165, 1.54) is 4.88 Å². The molecule has 2 N–H and O–H groups in total. The molecule has 2 heterocycles. The van der Waals surface area contributed by atoms with Gasteiger partial charge in [0.25, 0.3) is 5.91 Å². The Morgan fingerprint density at radius 2 is 1.92 bits per heavy atom. The number of anilines is 1. The van der Waals surface area contributed by atoms with E-state index in [2.05, 4.69) is 22.4 Å². The Bertz CT molecular complexity index is 679. The number of nitrogens with zero attached hydrogens (tertiary/aromatic N) is 2. The first-order valence-electron chi connectivity index (χ1n) is 8.12. The molecule has 1 atom stereocenters. The summed E-state index contributed by atoms with van der Waals surface area (Å²) < 4.78 is 5.47. The third kappa shape index (κ3) is 5.34. The van der Waals surface area contributed by atoms with Gasteiger partial charge in [-0.15, -0.1) is 36.2 Å². The summed E-state index contributed by atoms with van der Waals surface area (Å²) in [6.07, 6.45) is 0. The van der Waals surface area contributed by atoms with Gasteiger partial charge < -0.3 is 15.4 Å². The fraction of sp³-hybridized carbons (Fsp3) is 0.389. The SMILES string of the molecule is CN(CC(c1cccs1)N1CCOCC1)C(=O)c1ccccc1N.Cl.Cl. The molecular formula is C18H25Cl2N3O2S. The van der Waals surface area contributed by atoms with Crippen LogP contribution in [0.4, 0.5) is 5.69 Å². The summed E-state index contributed by atoms with van der Waals surface area (Å²) in [4.78, 5) is 18.2. The van der Waals surface area contributed by atoms with Crippen molar-refractivity contribution in [2.24, 2.45) is 0 Å². The fourth-order valence-electron chi connectivity index (χ4n) is 3.00. The quantitative estimate of drug-likeness (QED) is 0.757. The van der Waals surface area contributed by atoms with E-state index in [9.17, 15) is 4.79 Å². The molecule has 0 radical (unpaired) electrons. The third-order valence-electron chi connectivity index (χ3n) is 4.34. The van der Waals surface area contributed by atoms with E-state index in [4.69, 9.17) is 10.5 Å². The van der Waals surface area contributed by atoms with Crippen molar-refractivity contribution in [1.29, 1.82) is 0 Å². The molecule has 5 nitrogen and oxygen atoms in total. The summed E-state index contributed by atoms with van der Waals surface area (Å²) in [7, 11) is 1.84. The van der Waals surface area contributed by atoms with Crippen molar-refractivity contribution >= 4 is 47.7 Å². The van der Waals surface area contributed by atoms with Crippen LogP contribution in [0.5, 0.6) is 0 Å². The Labute approximate surface area is 170 Å². The van der Waals surface area contributed by atoms with E-state index in [0.717, 1.165) is 26.3 Å². The second kappa shape index (κ2) is 10.7. The molecule has 1 unspecified atom stereocenters. The van der Waals surface area contributed by atoms with E-state index >= 15 is 0 Å². The van der Waals surface area contributed by atoms with Gasteiger partial charge in [0.2, 0.25) is 0 Å². The number of rotatable bonds is 5. The van der Waals surface area contributed by atoms with Gasteiger partial charge >= 0.3 is 0 Å². The number of hydrogen-bond acceptors (Lipinski definition) is 5. The maximum Gasteiger partial charge on any atom is 0.255 e. The number of nitrogens with two attached hydrogens (primary N) is 1. The standard InChI is InChI=1S/C18H23N3O2S.2ClH/c1-20(18(22)14-5-2-3-6-15(14)19)13-16(17-7-4-12-24-17)21-8-10-23-11-9-21;;/h2-7,12,16H,8-11,13,19H2,1H3;2*1H. The highest BCUT2D eigenvalue weighted by Gasteiger charge is 2.26. The number of carbonyl (C=O) groups is 1. The molecule has 1 fully saturated rings. The van der Waals surface area contributed by atoms with Gasteiger partial charge in [-0.2, -0.15) is 0 Å². The molecule has 0 saturated carbocycles. The first-order valence-corrected chi connectivity index (χ1v) is 9.00. The highest BCUT2D eigenvalue weighted by atomic mass is 35.5. The lowest BCUT2D eigenvalue weighted by molar-refractivity contribution is 0.0104. The lowest BCUT2D eigenvalue weighted by atomic mass is 10.1. The number of ether oxygens (including phenoxy) is 1. The molecule has 3 rings (SSSR count). The zero-order chi connectivity index (χ0) is 16.9. The Kier molecular flexibility index (Phi) is 9.39. The van der Waals surface area contributed by atoms with Gasteiger partial charge in [-0.25, -0.2) is 0 Å². The van der Waals surface area contributed by atoms with Crippen molar-refractivity contribution < 1.29 is 9.53 Å². The van der Waals surface area contributed by atoms with Crippen LogP contribution in [-0.2, 0) is 4.74 Å². The lowest BCUT2D eigenvalue weighted by Gasteiger charge is -2.36. The van der Waals surface area contributed by atoms with Crippen molar-refractivity contribution in [3.8, 4) is 0 Å². The first kappa shape index (κ1) is 22.7. The lowest BCUT2D eigenvalue weighted by Crippen LogP contribution is -2.44. The van der Waals surface area contributed by atoms with Gasteiger partial charge in [-0.05, 0) is 23.6 Å². The van der Waals surface area contributed by atoms with Crippen LogP contribution >= 0.6 is 36.2 Å². The average Bonchev–Trinajstić information content (AvgIpc) is 3.14. The van der Waals surface area contributed by atoms with Crippen molar-refractivity contribution in [3.05, 3.63) is 52.2 Å². The van der Waals surface area contributed by atoms with E-state index in [-0.39, 0.29) is 36.8 Å². The van der Waals surface area contributed by atoms with Crippen molar-refractivity contribution in [3.63, 3.8) is 0 Å². The largest absolute Gasteiger partial charge is 0.398 e. The number of benzene rings is 1. The highest BCUT2D eigenvalue weighted by Crippen LogP contribution is 2.27. The molecule has 1 saturated heterocycles. The summed E-state index contributed by atoms with van der Waals surface area (Å²) >= 11 is 1.73. The third-order valence-corrected chi connectivity index (χ3v) is 5.32. The number of amides is 1. The van der Waals surface area contributed by atoms with Crippen LogP contribution in [0.1, 0.15) is 21.3 Å². The summed E-state index contributed by atoms with van der Waals surface area (Å²) in [5, 5.41) is 2.08. The number of halogens is 2. The van der Waals surface area contributed by atoms with Crippen molar-refractivity contribution in [1.82, 2.24) is 9.80 Å². The number of carbonyl (C=O) groups excluding carboxylic acids is 1. The smallest absolute Gasteiger partial charge is 0.255 e. The maximum atomic E-state index is 12.8. The molecule has 1 aromatic carbocycles. The molecular weight excluding hydrogens is 393 g/mol. The van der Waals surface area contributed by atoms with Crippen LogP contribution in [0.25, 0.3) is 0 Å². The summed E-state index contributed by atoms with van der Waals surface area (Å²) in [5.41, 5.74) is 7.04. The minimum Gasteiger partial charge on any atom is -0.398 e. The van der Waals surface area contributed by atoms with Gasteiger partial charge in [0, 0.05) is 37.2 Å². The van der Waals surface area contributed by atoms with Crippen LogP contribution in [0.15, 0.2) is 41.8 Å². The number of para-hydroxylation sites is 1. The van der Waals surface area contributed by atoms with Crippen molar-refractivity contribution in [2.75, 3.05) is 45.6 Å². The monoisotopic (exact) mass is 417 g/mol. The van der Waals surface area contributed by atoms with Crippen LogP contribution in [0.2, 0.25) is 0 Å². The van der Waals surface area contributed by atoms with E-state index in [1.807, 2.05) is 19.2 Å². The zero-order valence-electron chi connectivity index (χ0n) is 14.7. The summed E-state index contributed by atoms with van der Waals surface area (Å²) in [5.74, 6) is -0.0390. The predicted octanol–water partition coefficient (Wildman–Crippen LogP) is 3.32. The predicted molar refractivity (Wildman–Crippen MR) is 112 cm³/mol. The second-order valence-corrected chi connectivity index (χ2v) is 6.93. The minimum absolute atomic E-state index is 0. The Morgan fingerprint density at radius 1 is 1.23 bits per heavy atom. The van der Waals surface area contributed by atoms with Crippen LogP contribution in [-0.4, -0.2) is 55.6 Å². The molecule has 0 aliphatic carbocycles. The molecule has 0 spiro atoms. The molecule has 8 heteroatoms. The van der Waals surface area contributed by atoms with E-state index in [1.54, 1.807) is 28.4 Å². The van der Waals surface area contributed by atoms with Gasteiger partial charge in [0.05, 0.1) is 24.8 Å². The first-order chi connectivity index (χ1) is 11.7. The van der Waals surface area contributed by atoms with E-state index < -0.39 is 0 Å². The molecule has 1 aliphatic heterocycles. The van der Waals surface area contributed by atoms with Gasteiger partial charge in [-0.1, -0.05) is 18.2 Å². The molecule has 144 valence electrons. The Hall–Kier alpha value is -1.31. The number of hydrogen-bond donors (Lipinski definition) is 1. The topological polar surface area (TPSA) is 58.8 Å². The van der Waals surface area contributed by atoms with Crippen LogP contribution in [0, 0.1) is 0 Å². The average molecular weight is 418 g/mol. The van der Waals surface area contributed by atoms with Gasteiger partial charge in [0.15, 0.2) is 0 Å². The molecule has 1 aliphatic rings. The van der Waals surface area contributed by atoms with Crippen LogP contribution in [0.3, 0.4) is 0 Å². The van der Waals surface area contributed by atoms with Gasteiger partial charge in [-0.3, -0.25) is 9.69 Å². The number of nitrogen functional groups attached to an aromatic ring is 1.